The van der Waals surface area contributed by atoms with Crippen LogP contribution in [0.2, 0.25) is 0 Å². The first-order valence-electron chi connectivity index (χ1n) is 9.41. The van der Waals surface area contributed by atoms with Crippen LogP contribution in [0, 0.1) is 5.82 Å². The maximum atomic E-state index is 14.4. The summed E-state index contributed by atoms with van der Waals surface area (Å²) in [6, 6.07) is 12.6. The third-order valence-electron chi connectivity index (χ3n) is 5.08. The highest BCUT2D eigenvalue weighted by Crippen LogP contribution is 2.38. The van der Waals surface area contributed by atoms with E-state index in [0.717, 1.165) is 16.9 Å². The highest BCUT2D eigenvalue weighted by molar-refractivity contribution is 5.35. The Labute approximate surface area is 159 Å². The van der Waals surface area contributed by atoms with Crippen LogP contribution in [-0.4, -0.2) is 35.6 Å². The molecule has 0 amide bonds. The van der Waals surface area contributed by atoms with Crippen LogP contribution in [0.5, 0.6) is 5.75 Å². The third kappa shape index (κ3) is 4.67. The van der Waals surface area contributed by atoms with E-state index in [9.17, 15) is 14.6 Å². The van der Waals surface area contributed by atoms with E-state index >= 15 is 0 Å². The fourth-order valence-electron chi connectivity index (χ4n) is 3.73. The van der Waals surface area contributed by atoms with Crippen molar-refractivity contribution in [2.24, 2.45) is 0 Å². The van der Waals surface area contributed by atoms with Gasteiger partial charge in [-0.05, 0) is 54.8 Å². The van der Waals surface area contributed by atoms with E-state index in [1.165, 1.54) is 6.07 Å². The molecule has 0 aromatic heterocycles. The van der Waals surface area contributed by atoms with Gasteiger partial charge in [0.1, 0.15) is 11.6 Å². The summed E-state index contributed by atoms with van der Waals surface area (Å²) in [7, 11) is 0. The second-order valence-electron chi connectivity index (χ2n) is 7.31. The molecule has 0 spiro atoms. The van der Waals surface area contributed by atoms with E-state index in [1.54, 1.807) is 12.1 Å². The second-order valence-corrected chi connectivity index (χ2v) is 7.31. The molecule has 5 heteroatoms. The molecule has 1 heterocycles. The first-order valence-corrected chi connectivity index (χ1v) is 9.41. The summed E-state index contributed by atoms with van der Waals surface area (Å²) < 4.78 is 25.9. The SMILES string of the molecule is CCOc1ccc(Cc2cc([C@@]3(C)CC(O)CC(CO)O3)ccc2F)cc1. The van der Waals surface area contributed by atoms with E-state index in [-0.39, 0.29) is 12.4 Å². The van der Waals surface area contributed by atoms with E-state index < -0.39 is 17.8 Å². The minimum Gasteiger partial charge on any atom is -0.494 e. The van der Waals surface area contributed by atoms with E-state index in [4.69, 9.17) is 9.47 Å². The minimum atomic E-state index is -0.758. The van der Waals surface area contributed by atoms with Crippen molar-refractivity contribution < 1.29 is 24.1 Å². The van der Waals surface area contributed by atoms with Gasteiger partial charge in [-0.3, -0.25) is 0 Å². The maximum absolute atomic E-state index is 14.4. The number of halogens is 1. The van der Waals surface area contributed by atoms with Gasteiger partial charge in [0.25, 0.3) is 0 Å². The molecule has 0 bridgehead atoms. The summed E-state index contributed by atoms with van der Waals surface area (Å²) in [6.45, 7) is 4.27. The summed E-state index contributed by atoms with van der Waals surface area (Å²) in [5.41, 5.74) is 1.61. The van der Waals surface area contributed by atoms with Crippen LogP contribution in [0.4, 0.5) is 4.39 Å². The Morgan fingerprint density at radius 3 is 2.63 bits per heavy atom. The minimum absolute atomic E-state index is 0.146. The standard InChI is InChI=1S/C22H27FO4/c1-3-26-19-7-4-15(5-8-19)10-16-11-17(6-9-21(16)23)22(2)13-18(25)12-20(14-24)27-22/h4-9,11,18,20,24-25H,3,10,12-14H2,1-2H3/t18?,20?,22-/m1/s1. The van der Waals surface area contributed by atoms with E-state index in [0.29, 0.717) is 31.4 Å². The molecule has 4 nitrogen and oxygen atoms in total. The largest absolute Gasteiger partial charge is 0.494 e. The van der Waals surface area contributed by atoms with Crippen molar-refractivity contribution in [2.75, 3.05) is 13.2 Å². The summed E-state index contributed by atoms with van der Waals surface area (Å²) in [6.07, 6.45) is 0.303. The molecule has 1 aliphatic heterocycles. The Balaban J connectivity index is 1.83. The summed E-state index contributed by atoms with van der Waals surface area (Å²) in [4.78, 5) is 0. The Kier molecular flexibility index (Phi) is 6.15. The number of hydrogen-bond donors (Lipinski definition) is 2. The van der Waals surface area contributed by atoms with Gasteiger partial charge in [0.05, 0.1) is 31.0 Å². The number of aliphatic hydroxyl groups excluding tert-OH is 2. The number of aliphatic hydroxyl groups is 2. The molecular formula is C22H27FO4. The van der Waals surface area contributed by atoms with Crippen molar-refractivity contribution in [1.82, 2.24) is 0 Å². The lowest BCUT2D eigenvalue weighted by Gasteiger charge is -2.41. The summed E-state index contributed by atoms with van der Waals surface area (Å²) in [5.74, 6) is 0.522. The van der Waals surface area contributed by atoms with Gasteiger partial charge in [0.15, 0.2) is 0 Å². The molecule has 1 fully saturated rings. The quantitative estimate of drug-likeness (QED) is 0.812. The molecule has 3 atom stereocenters. The first kappa shape index (κ1) is 19.8. The molecule has 0 radical (unpaired) electrons. The van der Waals surface area contributed by atoms with Crippen LogP contribution >= 0.6 is 0 Å². The zero-order chi connectivity index (χ0) is 19.4. The van der Waals surface area contributed by atoms with Gasteiger partial charge in [-0.1, -0.05) is 18.2 Å². The molecule has 1 aliphatic rings. The molecule has 0 saturated carbocycles. The Bertz CT molecular complexity index is 761. The average molecular weight is 374 g/mol. The lowest BCUT2D eigenvalue weighted by molar-refractivity contribution is -0.169. The molecule has 146 valence electrons. The monoisotopic (exact) mass is 374 g/mol. The number of rotatable bonds is 6. The Hall–Kier alpha value is -1.95. The van der Waals surface area contributed by atoms with Crippen LogP contribution in [0.1, 0.15) is 43.4 Å². The second kappa shape index (κ2) is 8.38. The molecule has 2 aromatic rings. The topological polar surface area (TPSA) is 58.9 Å². The van der Waals surface area contributed by atoms with Crippen molar-refractivity contribution in [3.05, 3.63) is 65.0 Å². The van der Waals surface area contributed by atoms with Crippen LogP contribution < -0.4 is 4.74 Å². The Morgan fingerprint density at radius 2 is 1.96 bits per heavy atom. The predicted molar refractivity (Wildman–Crippen MR) is 101 cm³/mol. The lowest BCUT2D eigenvalue weighted by Crippen LogP contribution is -2.43. The zero-order valence-corrected chi connectivity index (χ0v) is 15.8. The Morgan fingerprint density at radius 1 is 1.22 bits per heavy atom. The van der Waals surface area contributed by atoms with Crippen LogP contribution in [-0.2, 0) is 16.8 Å². The van der Waals surface area contributed by atoms with Crippen molar-refractivity contribution in [1.29, 1.82) is 0 Å². The molecule has 27 heavy (non-hydrogen) atoms. The van der Waals surface area contributed by atoms with Gasteiger partial charge >= 0.3 is 0 Å². The molecule has 1 saturated heterocycles. The van der Waals surface area contributed by atoms with Gasteiger partial charge in [-0.25, -0.2) is 4.39 Å². The van der Waals surface area contributed by atoms with Crippen LogP contribution in [0.25, 0.3) is 0 Å². The molecule has 2 aromatic carbocycles. The van der Waals surface area contributed by atoms with E-state index in [1.807, 2.05) is 38.1 Å². The van der Waals surface area contributed by atoms with Crippen LogP contribution in [0.3, 0.4) is 0 Å². The molecule has 2 N–H and O–H groups in total. The van der Waals surface area contributed by atoms with Gasteiger partial charge in [-0.2, -0.15) is 0 Å². The number of hydrogen-bond acceptors (Lipinski definition) is 4. The van der Waals surface area contributed by atoms with Gasteiger partial charge < -0.3 is 19.7 Å². The van der Waals surface area contributed by atoms with Crippen molar-refractivity contribution in [2.45, 2.75) is 50.9 Å². The van der Waals surface area contributed by atoms with E-state index in [2.05, 4.69) is 0 Å². The molecule has 3 rings (SSSR count). The summed E-state index contributed by atoms with van der Waals surface area (Å²) >= 11 is 0. The van der Waals surface area contributed by atoms with Gasteiger partial charge in [0, 0.05) is 19.3 Å². The molecule has 0 aliphatic carbocycles. The van der Waals surface area contributed by atoms with Gasteiger partial charge in [-0.15, -0.1) is 0 Å². The fraction of sp³-hybridized carbons (Fsp3) is 0.455. The van der Waals surface area contributed by atoms with Gasteiger partial charge in [0.2, 0.25) is 0 Å². The smallest absolute Gasteiger partial charge is 0.126 e. The normalized spacial score (nSPS) is 25.4. The third-order valence-corrected chi connectivity index (χ3v) is 5.08. The maximum Gasteiger partial charge on any atom is 0.126 e. The van der Waals surface area contributed by atoms with Crippen molar-refractivity contribution in [3.8, 4) is 5.75 Å². The highest BCUT2D eigenvalue weighted by Gasteiger charge is 2.39. The zero-order valence-electron chi connectivity index (χ0n) is 15.8. The molecule has 2 unspecified atom stereocenters. The summed E-state index contributed by atoms with van der Waals surface area (Å²) in [5, 5.41) is 19.6. The first-order chi connectivity index (χ1) is 12.9. The highest BCUT2D eigenvalue weighted by atomic mass is 19.1. The molecular weight excluding hydrogens is 347 g/mol. The number of benzene rings is 2. The van der Waals surface area contributed by atoms with Crippen LogP contribution in [0.15, 0.2) is 42.5 Å². The number of ether oxygens (including phenoxy) is 2. The fourth-order valence-corrected chi connectivity index (χ4v) is 3.73. The predicted octanol–water partition coefficient (Wildman–Crippen LogP) is 3.56. The lowest BCUT2D eigenvalue weighted by atomic mass is 9.84. The van der Waals surface area contributed by atoms with Crippen molar-refractivity contribution >= 4 is 0 Å². The van der Waals surface area contributed by atoms with Crippen molar-refractivity contribution in [3.63, 3.8) is 0 Å². The average Bonchev–Trinajstić information content (AvgIpc) is 2.64.